The number of fused-ring (bicyclic) bond motifs is 2. The number of allylic oxidation sites excluding steroid dienone is 4. The van der Waals surface area contributed by atoms with Crippen LogP contribution in [0.5, 0.6) is 0 Å². The monoisotopic (exact) mass is 592 g/mol. The van der Waals surface area contributed by atoms with E-state index in [-0.39, 0.29) is 26.4 Å². The first-order valence-corrected chi connectivity index (χ1v) is 14.6. The summed E-state index contributed by atoms with van der Waals surface area (Å²) in [5, 5.41) is 0. The van der Waals surface area contributed by atoms with Crippen molar-refractivity contribution in [3.8, 4) is 22.3 Å². The van der Waals surface area contributed by atoms with E-state index < -0.39 is 23.9 Å². The predicted octanol–water partition coefficient (Wildman–Crippen LogP) is 7.08. The Morgan fingerprint density at radius 1 is 0.432 bits per heavy atom. The second kappa shape index (κ2) is 13.0. The number of carbonyl (C=O) groups is 4. The van der Waals surface area contributed by atoms with E-state index in [1.165, 1.54) is 12.1 Å². The van der Waals surface area contributed by atoms with Gasteiger partial charge in [0.2, 0.25) is 0 Å². The van der Waals surface area contributed by atoms with Crippen LogP contribution in [-0.2, 0) is 18.9 Å². The lowest BCUT2D eigenvalue weighted by Crippen LogP contribution is -2.05. The summed E-state index contributed by atoms with van der Waals surface area (Å²) in [6, 6.07) is 17.9. The van der Waals surface area contributed by atoms with Crippen molar-refractivity contribution in [1.29, 1.82) is 0 Å². The molecule has 0 amide bonds. The van der Waals surface area contributed by atoms with Crippen LogP contribution in [0.4, 0.5) is 0 Å². The molecule has 0 aromatic heterocycles. The molecule has 5 aliphatic carbocycles. The van der Waals surface area contributed by atoms with Gasteiger partial charge in [0.25, 0.3) is 0 Å². The Morgan fingerprint density at radius 2 is 0.682 bits per heavy atom. The zero-order valence-electron chi connectivity index (χ0n) is 25.0. The Bertz CT molecular complexity index is 1540. The van der Waals surface area contributed by atoms with Crippen molar-refractivity contribution in [2.24, 2.45) is 0 Å². The van der Waals surface area contributed by atoms with E-state index in [2.05, 4.69) is 0 Å². The lowest BCUT2D eigenvalue weighted by atomic mass is 9.90. The summed E-state index contributed by atoms with van der Waals surface area (Å²) >= 11 is 0. The fourth-order valence-electron chi connectivity index (χ4n) is 5.25. The third-order valence-electron chi connectivity index (χ3n) is 7.31. The predicted molar refractivity (Wildman–Crippen MR) is 166 cm³/mol. The molecule has 0 fully saturated rings. The minimum absolute atomic E-state index is 0.216. The molecule has 0 radical (unpaired) electrons. The van der Waals surface area contributed by atoms with Crippen LogP contribution in [0.15, 0.2) is 72.8 Å². The summed E-state index contributed by atoms with van der Waals surface area (Å²) in [5.41, 5.74) is 7.35. The number of rotatable bonds is 10. The van der Waals surface area contributed by atoms with Gasteiger partial charge in [0.05, 0.1) is 48.7 Å². The van der Waals surface area contributed by atoms with Gasteiger partial charge in [-0.25, -0.2) is 19.2 Å². The van der Waals surface area contributed by atoms with Gasteiger partial charge in [-0.15, -0.1) is 0 Å². The molecular formula is C36H32O8. The van der Waals surface area contributed by atoms with Crippen molar-refractivity contribution >= 4 is 35.0 Å². The number of esters is 4. The Balaban J connectivity index is 1.49. The maximum absolute atomic E-state index is 12.7. The van der Waals surface area contributed by atoms with Gasteiger partial charge < -0.3 is 18.9 Å². The summed E-state index contributed by atoms with van der Waals surface area (Å²) in [4.78, 5) is 50.7. The van der Waals surface area contributed by atoms with Crippen LogP contribution in [0, 0.1) is 0 Å². The molecule has 44 heavy (non-hydrogen) atoms. The molecule has 0 saturated heterocycles. The lowest BCUT2D eigenvalue weighted by molar-refractivity contribution is 0.0511. The molecule has 0 N–H and O–H groups in total. The van der Waals surface area contributed by atoms with Crippen molar-refractivity contribution in [1.82, 2.24) is 0 Å². The van der Waals surface area contributed by atoms with Gasteiger partial charge in [-0.1, -0.05) is 48.5 Å². The second-order valence-electron chi connectivity index (χ2n) is 9.92. The smallest absolute Gasteiger partial charge is 0.338 e. The molecule has 8 heteroatoms. The summed E-state index contributed by atoms with van der Waals surface area (Å²) < 4.78 is 20.9. The molecular weight excluding hydrogens is 560 g/mol. The topological polar surface area (TPSA) is 105 Å². The number of ether oxygens (including phenoxy) is 4. The van der Waals surface area contributed by atoms with Gasteiger partial charge in [0.15, 0.2) is 0 Å². The van der Waals surface area contributed by atoms with Gasteiger partial charge in [-0.05, 0) is 96.5 Å². The first-order valence-electron chi connectivity index (χ1n) is 14.6. The molecule has 0 aromatic carbocycles. The van der Waals surface area contributed by atoms with Gasteiger partial charge in [0.1, 0.15) is 0 Å². The SMILES string of the molecule is CCOC(=O)c1cc(C(=O)OCC)c2ccc(C3=CC(c4ccc5c(C(=O)OCC)cc(C(=O)OCC)c-5cc4)=C3)ccc1-2. The number of hydrogen-bond donors (Lipinski definition) is 0. The Kier molecular flexibility index (Phi) is 8.90. The van der Waals surface area contributed by atoms with Crippen LogP contribution in [0.1, 0.15) is 80.3 Å². The molecule has 0 spiro atoms. The van der Waals surface area contributed by atoms with Gasteiger partial charge in [-0.2, -0.15) is 0 Å². The highest BCUT2D eigenvalue weighted by molar-refractivity contribution is 6.10. The minimum atomic E-state index is -0.501. The zero-order chi connectivity index (χ0) is 31.4. The van der Waals surface area contributed by atoms with E-state index >= 15 is 0 Å². The fraction of sp³-hybridized carbons (Fsp3) is 0.222. The number of carbonyl (C=O) groups excluding carboxylic acids is 4. The second-order valence-corrected chi connectivity index (χ2v) is 9.92. The largest absolute Gasteiger partial charge is 0.462 e. The maximum atomic E-state index is 12.7. The molecule has 5 aliphatic rings. The van der Waals surface area contributed by atoms with Crippen molar-refractivity contribution in [3.05, 3.63) is 106 Å². The minimum Gasteiger partial charge on any atom is -0.462 e. The highest BCUT2D eigenvalue weighted by Gasteiger charge is 2.27. The summed E-state index contributed by atoms with van der Waals surface area (Å²) in [7, 11) is 0. The summed E-state index contributed by atoms with van der Waals surface area (Å²) in [5.74, 6) is -2.00. The first-order chi connectivity index (χ1) is 21.3. The van der Waals surface area contributed by atoms with E-state index in [1.807, 2.05) is 60.7 Å². The molecule has 0 atom stereocenters. The molecule has 224 valence electrons. The molecule has 5 rings (SSSR count). The summed E-state index contributed by atoms with van der Waals surface area (Å²) in [6.07, 6.45) is 4.05. The van der Waals surface area contributed by atoms with Crippen molar-refractivity contribution in [3.63, 3.8) is 0 Å². The van der Waals surface area contributed by atoms with Crippen LogP contribution in [0.2, 0.25) is 0 Å². The molecule has 0 aliphatic heterocycles. The third-order valence-corrected chi connectivity index (χ3v) is 7.31. The van der Waals surface area contributed by atoms with E-state index in [0.29, 0.717) is 44.5 Å². The molecule has 0 aromatic rings. The van der Waals surface area contributed by atoms with Crippen molar-refractivity contribution in [2.45, 2.75) is 27.7 Å². The van der Waals surface area contributed by atoms with Gasteiger partial charge >= 0.3 is 23.9 Å². The van der Waals surface area contributed by atoms with E-state index in [1.54, 1.807) is 27.7 Å². The van der Waals surface area contributed by atoms with Crippen LogP contribution in [0.3, 0.4) is 0 Å². The highest BCUT2D eigenvalue weighted by Crippen LogP contribution is 2.39. The Labute approximate surface area is 255 Å². The van der Waals surface area contributed by atoms with Crippen molar-refractivity contribution in [2.75, 3.05) is 26.4 Å². The van der Waals surface area contributed by atoms with Crippen molar-refractivity contribution < 1.29 is 38.1 Å². The quantitative estimate of drug-likeness (QED) is 0.142. The molecule has 0 heterocycles. The zero-order valence-corrected chi connectivity index (χ0v) is 25.0. The molecule has 0 saturated carbocycles. The van der Waals surface area contributed by atoms with E-state index in [4.69, 9.17) is 18.9 Å². The Hall–Kier alpha value is -5.24. The van der Waals surface area contributed by atoms with Gasteiger partial charge in [0, 0.05) is 0 Å². The van der Waals surface area contributed by atoms with E-state index in [9.17, 15) is 19.2 Å². The number of hydrogen-bond acceptors (Lipinski definition) is 8. The van der Waals surface area contributed by atoms with Crippen LogP contribution < -0.4 is 0 Å². The lowest BCUT2D eigenvalue weighted by Gasteiger charge is -2.14. The average Bonchev–Trinajstić information content (AvgIpc) is 3.36. The first kappa shape index (κ1) is 30.2. The highest BCUT2D eigenvalue weighted by atomic mass is 16.5. The standard InChI is InChI=1S/C36H32O8/c1-5-41-33(37)29-19-30(34(38)42-6-2)26-14-10-21(9-13-25(26)29)23-17-24(18-23)22-11-15-27-28(16-12-22)32(36(40)44-8-4)20-31(27)35(39)43-7-3/h9-20H,5-8H2,1-4H3. The molecule has 0 bridgehead atoms. The Morgan fingerprint density at radius 3 is 0.909 bits per heavy atom. The van der Waals surface area contributed by atoms with Crippen LogP contribution in [-0.4, -0.2) is 50.3 Å². The maximum Gasteiger partial charge on any atom is 0.338 e. The van der Waals surface area contributed by atoms with Gasteiger partial charge in [-0.3, -0.25) is 0 Å². The molecule has 8 nitrogen and oxygen atoms in total. The fourth-order valence-corrected chi connectivity index (χ4v) is 5.25. The van der Waals surface area contributed by atoms with Crippen LogP contribution in [0.25, 0.3) is 33.4 Å². The third kappa shape index (κ3) is 5.71. The van der Waals surface area contributed by atoms with E-state index in [0.717, 1.165) is 22.3 Å². The summed E-state index contributed by atoms with van der Waals surface area (Å²) in [6.45, 7) is 7.79. The average molecular weight is 593 g/mol. The van der Waals surface area contributed by atoms with Crippen LogP contribution >= 0.6 is 0 Å². The molecule has 0 unspecified atom stereocenters. The normalized spacial score (nSPS) is 12.2.